The maximum atomic E-state index is 12.4. The Kier molecular flexibility index (Phi) is 5.94. The topological polar surface area (TPSA) is 77.8 Å². The number of aliphatic hydroxyl groups is 2. The second kappa shape index (κ2) is 6.81. The predicted octanol–water partition coefficient (Wildman–Crippen LogP) is 1.20. The van der Waals surface area contributed by atoms with Crippen LogP contribution in [-0.4, -0.2) is 48.2 Å². The van der Waals surface area contributed by atoms with Gasteiger partial charge in [-0.25, -0.2) is 8.42 Å². The summed E-state index contributed by atoms with van der Waals surface area (Å²) in [6.45, 7) is 2.91. The second-order valence-corrected chi connectivity index (χ2v) is 7.33. The zero-order valence-electron chi connectivity index (χ0n) is 10.8. The van der Waals surface area contributed by atoms with Crippen LogP contribution in [0.1, 0.15) is 13.8 Å². The predicted molar refractivity (Wildman–Crippen MR) is 76.3 cm³/mol. The van der Waals surface area contributed by atoms with E-state index in [0.717, 1.165) is 8.78 Å². The molecule has 1 aromatic rings. The molecule has 2 atom stereocenters. The molecule has 0 aliphatic heterocycles. The standard InChI is InChI=1S/C12H18BrNO4S/c1-9(15)7-14(8-10(2)16)19(17,18)12-5-3-11(13)4-6-12/h3-6,9-10,15-16H,7-8H2,1-2H3/t9-,10-/m1/s1. The normalized spacial score (nSPS) is 15.5. The lowest BCUT2D eigenvalue weighted by atomic mass is 10.3. The summed E-state index contributed by atoms with van der Waals surface area (Å²) in [5, 5.41) is 18.8. The molecule has 5 nitrogen and oxygen atoms in total. The molecule has 1 aromatic carbocycles. The van der Waals surface area contributed by atoms with Crippen LogP contribution in [0.3, 0.4) is 0 Å². The quantitative estimate of drug-likeness (QED) is 0.807. The van der Waals surface area contributed by atoms with Gasteiger partial charge in [0.2, 0.25) is 10.0 Å². The van der Waals surface area contributed by atoms with E-state index in [4.69, 9.17) is 0 Å². The fourth-order valence-corrected chi connectivity index (χ4v) is 3.48. The van der Waals surface area contributed by atoms with Crippen molar-refractivity contribution in [2.75, 3.05) is 13.1 Å². The zero-order valence-corrected chi connectivity index (χ0v) is 13.2. The number of hydrogen-bond acceptors (Lipinski definition) is 4. The Morgan fingerprint density at radius 3 is 1.89 bits per heavy atom. The van der Waals surface area contributed by atoms with Gasteiger partial charge in [0.15, 0.2) is 0 Å². The van der Waals surface area contributed by atoms with Crippen LogP contribution >= 0.6 is 15.9 Å². The Balaban J connectivity index is 3.07. The summed E-state index contributed by atoms with van der Waals surface area (Å²) in [5.74, 6) is 0. The third kappa shape index (κ3) is 4.85. The first-order valence-electron chi connectivity index (χ1n) is 5.85. The summed E-state index contributed by atoms with van der Waals surface area (Å²) in [6.07, 6.45) is -1.60. The van der Waals surface area contributed by atoms with Crippen LogP contribution in [0.5, 0.6) is 0 Å². The third-order valence-corrected chi connectivity index (χ3v) is 4.76. The number of aliphatic hydroxyl groups excluding tert-OH is 2. The first kappa shape index (κ1) is 16.6. The Morgan fingerprint density at radius 2 is 1.53 bits per heavy atom. The van der Waals surface area contributed by atoms with Crippen molar-refractivity contribution in [3.05, 3.63) is 28.7 Å². The van der Waals surface area contributed by atoms with Crippen LogP contribution < -0.4 is 0 Å². The third-order valence-electron chi connectivity index (χ3n) is 2.39. The van der Waals surface area contributed by atoms with Crippen molar-refractivity contribution in [2.45, 2.75) is 31.0 Å². The van der Waals surface area contributed by atoms with E-state index in [1.165, 1.54) is 26.0 Å². The maximum absolute atomic E-state index is 12.4. The minimum Gasteiger partial charge on any atom is -0.392 e. The van der Waals surface area contributed by atoms with E-state index in [1.54, 1.807) is 12.1 Å². The number of sulfonamides is 1. The van der Waals surface area contributed by atoms with Gasteiger partial charge in [-0.15, -0.1) is 0 Å². The van der Waals surface area contributed by atoms with E-state index < -0.39 is 22.2 Å². The fraction of sp³-hybridized carbons (Fsp3) is 0.500. The summed E-state index contributed by atoms with van der Waals surface area (Å²) in [6, 6.07) is 6.23. The van der Waals surface area contributed by atoms with Crippen molar-refractivity contribution < 1.29 is 18.6 Å². The highest BCUT2D eigenvalue weighted by atomic mass is 79.9. The molecule has 0 bridgehead atoms. The Morgan fingerprint density at radius 1 is 1.11 bits per heavy atom. The van der Waals surface area contributed by atoms with E-state index in [9.17, 15) is 18.6 Å². The molecule has 0 aromatic heterocycles. The first-order chi connectivity index (χ1) is 8.73. The van der Waals surface area contributed by atoms with E-state index in [-0.39, 0.29) is 18.0 Å². The minimum atomic E-state index is -3.72. The van der Waals surface area contributed by atoms with Crippen LogP contribution in [-0.2, 0) is 10.0 Å². The molecule has 0 fully saturated rings. The molecule has 1 rings (SSSR count). The van der Waals surface area contributed by atoms with Crippen LogP contribution in [0, 0.1) is 0 Å². The van der Waals surface area contributed by atoms with Gasteiger partial charge in [-0.3, -0.25) is 0 Å². The van der Waals surface area contributed by atoms with E-state index >= 15 is 0 Å². The van der Waals surface area contributed by atoms with Crippen LogP contribution in [0.2, 0.25) is 0 Å². The zero-order chi connectivity index (χ0) is 14.6. The van der Waals surface area contributed by atoms with Gasteiger partial charge in [-0.1, -0.05) is 15.9 Å². The summed E-state index contributed by atoms with van der Waals surface area (Å²) >= 11 is 3.24. The van der Waals surface area contributed by atoms with Crippen molar-refractivity contribution in [1.82, 2.24) is 4.31 Å². The molecule has 0 saturated heterocycles. The highest BCUT2D eigenvalue weighted by Crippen LogP contribution is 2.19. The van der Waals surface area contributed by atoms with Crippen molar-refractivity contribution in [3.63, 3.8) is 0 Å². The molecule has 0 radical (unpaired) electrons. The molecule has 0 heterocycles. The Hall–Kier alpha value is -0.470. The number of benzene rings is 1. The number of nitrogens with zero attached hydrogens (tertiary/aromatic N) is 1. The van der Waals surface area contributed by atoms with Gasteiger partial charge < -0.3 is 10.2 Å². The molecule has 7 heteroatoms. The number of hydrogen-bond donors (Lipinski definition) is 2. The highest BCUT2D eigenvalue weighted by Gasteiger charge is 2.26. The molecule has 0 unspecified atom stereocenters. The Labute approximate surface area is 122 Å². The summed E-state index contributed by atoms with van der Waals surface area (Å²) in [5.41, 5.74) is 0. The van der Waals surface area contributed by atoms with E-state index in [2.05, 4.69) is 15.9 Å². The van der Waals surface area contributed by atoms with E-state index in [0.29, 0.717) is 0 Å². The van der Waals surface area contributed by atoms with Gasteiger partial charge in [0, 0.05) is 17.6 Å². The van der Waals surface area contributed by atoms with Gasteiger partial charge in [0.05, 0.1) is 17.1 Å². The van der Waals surface area contributed by atoms with Crippen molar-refractivity contribution in [1.29, 1.82) is 0 Å². The monoisotopic (exact) mass is 351 g/mol. The molecule has 0 aliphatic carbocycles. The number of rotatable bonds is 6. The van der Waals surface area contributed by atoms with Gasteiger partial charge in [-0.2, -0.15) is 4.31 Å². The lowest BCUT2D eigenvalue weighted by Crippen LogP contribution is -2.40. The average molecular weight is 352 g/mol. The summed E-state index contributed by atoms with van der Waals surface area (Å²) in [4.78, 5) is 0.136. The van der Waals surface area contributed by atoms with E-state index in [1.807, 2.05) is 0 Å². The molecule has 0 aliphatic rings. The van der Waals surface area contributed by atoms with Gasteiger partial charge in [-0.05, 0) is 38.1 Å². The van der Waals surface area contributed by atoms with Crippen molar-refractivity contribution in [2.24, 2.45) is 0 Å². The fourth-order valence-electron chi connectivity index (χ4n) is 1.62. The molecular formula is C12H18BrNO4S. The maximum Gasteiger partial charge on any atom is 0.243 e. The molecule has 0 spiro atoms. The van der Waals surface area contributed by atoms with Crippen molar-refractivity contribution >= 4 is 26.0 Å². The van der Waals surface area contributed by atoms with Crippen LogP contribution in [0.4, 0.5) is 0 Å². The smallest absolute Gasteiger partial charge is 0.243 e. The Bertz CT molecular complexity index is 489. The molecule has 108 valence electrons. The van der Waals surface area contributed by atoms with Gasteiger partial charge >= 0.3 is 0 Å². The second-order valence-electron chi connectivity index (χ2n) is 4.47. The molecule has 0 amide bonds. The molecule has 0 saturated carbocycles. The molecule has 2 N–H and O–H groups in total. The van der Waals surface area contributed by atoms with Crippen LogP contribution in [0.25, 0.3) is 0 Å². The molecular weight excluding hydrogens is 334 g/mol. The lowest BCUT2D eigenvalue weighted by molar-refractivity contribution is 0.125. The number of halogens is 1. The molecule has 19 heavy (non-hydrogen) atoms. The van der Waals surface area contributed by atoms with Gasteiger partial charge in [0.1, 0.15) is 0 Å². The largest absolute Gasteiger partial charge is 0.392 e. The SMILES string of the molecule is C[C@@H](O)CN(C[C@@H](C)O)S(=O)(=O)c1ccc(Br)cc1. The van der Waals surface area contributed by atoms with Gasteiger partial charge in [0.25, 0.3) is 0 Å². The van der Waals surface area contributed by atoms with Crippen molar-refractivity contribution in [3.8, 4) is 0 Å². The summed E-state index contributed by atoms with van der Waals surface area (Å²) in [7, 11) is -3.72. The van der Waals surface area contributed by atoms with Crippen LogP contribution in [0.15, 0.2) is 33.6 Å². The average Bonchev–Trinajstić information content (AvgIpc) is 2.27. The summed E-state index contributed by atoms with van der Waals surface area (Å²) < 4.78 is 26.7. The highest BCUT2D eigenvalue weighted by molar-refractivity contribution is 9.10. The first-order valence-corrected chi connectivity index (χ1v) is 8.08. The minimum absolute atomic E-state index is 0.0523. The lowest BCUT2D eigenvalue weighted by Gasteiger charge is -2.24.